The van der Waals surface area contributed by atoms with E-state index in [1.54, 1.807) is 0 Å². The van der Waals surface area contributed by atoms with Crippen molar-refractivity contribution in [3.05, 3.63) is 42.0 Å². The fraction of sp³-hybridized carbons (Fsp3) is 0.529. The van der Waals surface area contributed by atoms with Crippen LogP contribution in [0, 0.1) is 11.8 Å². The van der Waals surface area contributed by atoms with Crippen molar-refractivity contribution in [2.24, 2.45) is 17.6 Å². The third-order valence-electron chi connectivity index (χ3n) is 4.56. The van der Waals surface area contributed by atoms with Crippen molar-refractivity contribution in [3.63, 3.8) is 0 Å². The highest BCUT2D eigenvalue weighted by atomic mass is 15.2. The molecule has 3 rings (SSSR count). The van der Waals surface area contributed by atoms with E-state index in [4.69, 9.17) is 5.73 Å². The van der Waals surface area contributed by atoms with Gasteiger partial charge >= 0.3 is 0 Å². The minimum Gasteiger partial charge on any atom is -0.317 e. The zero-order chi connectivity index (χ0) is 13.8. The van der Waals surface area contributed by atoms with E-state index >= 15 is 0 Å². The summed E-state index contributed by atoms with van der Waals surface area (Å²) in [5, 5.41) is 6.99. The van der Waals surface area contributed by atoms with E-state index in [-0.39, 0.29) is 5.66 Å². The summed E-state index contributed by atoms with van der Waals surface area (Å²) >= 11 is 0. The van der Waals surface area contributed by atoms with Gasteiger partial charge < -0.3 is 11.1 Å². The van der Waals surface area contributed by atoms with Gasteiger partial charge in [-0.3, -0.25) is 5.32 Å². The van der Waals surface area contributed by atoms with Crippen molar-refractivity contribution in [3.8, 4) is 0 Å². The van der Waals surface area contributed by atoms with Gasteiger partial charge in [-0.1, -0.05) is 42.5 Å². The Balaban J connectivity index is 1.46. The fourth-order valence-corrected chi connectivity index (χ4v) is 2.96. The van der Waals surface area contributed by atoms with Gasteiger partial charge in [-0.05, 0) is 50.4 Å². The molecule has 3 heteroatoms. The van der Waals surface area contributed by atoms with Crippen molar-refractivity contribution in [1.29, 1.82) is 0 Å². The first-order valence-electron chi connectivity index (χ1n) is 7.74. The lowest BCUT2D eigenvalue weighted by molar-refractivity contribution is 0.332. The molecule has 1 aromatic carbocycles. The molecule has 0 radical (unpaired) electrons. The monoisotopic (exact) mass is 271 g/mol. The van der Waals surface area contributed by atoms with Crippen molar-refractivity contribution in [1.82, 2.24) is 10.6 Å². The molecule has 0 bridgehead atoms. The fourth-order valence-electron chi connectivity index (χ4n) is 2.96. The largest absolute Gasteiger partial charge is 0.317 e. The highest BCUT2D eigenvalue weighted by molar-refractivity contribution is 5.50. The molecule has 1 saturated carbocycles. The number of benzene rings is 1. The minimum absolute atomic E-state index is 0.157. The number of nitrogens with two attached hydrogens (primary N) is 1. The molecule has 1 aliphatic carbocycles. The maximum atomic E-state index is 6.39. The van der Waals surface area contributed by atoms with Crippen molar-refractivity contribution in [2.45, 2.75) is 24.9 Å². The van der Waals surface area contributed by atoms with Crippen LogP contribution in [-0.4, -0.2) is 25.3 Å². The molecule has 2 fully saturated rings. The average molecular weight is 271 g/mol. The SMILES string of the molecule is NC1(NCC2CCNCC2)CC1/C=C/c1ccccc1. The van der Waals surface area contributed by atoms with Gasteiger partial charge in [0.2, 0.25) is 0 Å². The number of hydrogen-bond acceptors (Lipinski definition) is 3. The van der Waals surface area contributed by atoms with Crippen molar-refractivity contribution in [2.75, 3.05) is 19.6 Å². The summed E-state index contributed by atoms with van der Waals surface area (Å²) in [6, 6.07) is 10.4. The Morgan fingerprint density at radius 1 is 1.25 bits per heavy atom. The summed E-state index contributed by atoms with van der Waals surface area (Å²) in [6.45, 7) is 3.37. The average Bonchev–Trinajstić information content (AvgIpc) is 3.16. The van der Waals surface area contributed by atoms with E-state index in [2.05, 4.69) is 47.1 Å². The third kappa shape index (κ3) is 3.48. The Morgan fingerprint density at radius 2 is 2.00 bits per heavy atom. The van der Waals surface area contributed by atoms with Crippen molar-refractivity contribution < 1.29 is 0 Å². The molecule has 1 aromatic rings. The molecule has 108 valence electrons. The van der Waals surface area contributed by atoms with Crippen LogP contribution in [0.25, 0.3) is 6.08 Å². The highest BCUT2D eigenvalue weighted by Gasteiger charge is 2.49. The zero-order valence-corrected chi connectivity index (χ0v) is 12.0. The first-order chi connectivity index (χ1) is 9.76. The van der Waals surface area contributed by atoms with Crippen LogP contribution in [0.4, 0.5) is 0 Å². The van der Waals surface area contributed by atoms with Gasteiger partial charge in [0, 0.05) is 5.92 Å². The van der Waals surface area contributed by atoms with Crippen LogP contribution in [-0.2, 0) is 0 Å². The molecule has 1 saturated heterocycles. The smallest absolute Gasteiger partial charge is 0.0734 e. The number of hydrogen-bond donors (Lipinski definition) is 3. The van der Waals surface area contributed by atoms with E-state index in [0.717, 1.165) is 32.0 Å². The molecule has 1 aliphatic heterocycles. The Morgan fingerprint density at radius 3 is 2.75 bits per heavy atom. The quantitative estimate of drug-likeness (QED) is 0.718. The Bertz CT molecular complexity index is 451. The molecule has 2 atom stereocenters. The van der Waals surface area contributed by atoms with Gasteiger partial charge in [-0.15, -0.1) is 0 Å². The van der Waals surface area contributed by atoms with Crippen LogP contribution in [0.5, 0.6) is 0 Å². The lowest BCUT2D eigenvalue weighted by Crippen LogP contribution is -2.45. The molecule has 2 aliphatic rings. The topological polar surface area (TPSA) is 50.1 Å². The molecule has 1 heterocycles. The summed E-state index contributed by atoms with van der Waals surface area (Å²) in [6.07, 6.45) is 8.04. The van der Waals surface area contributed by atoms with Crippen LogP contribution in [0.2, 0.25) is 0 Å². The van der Waals surface area contributed by atoms with E-state index < -0.39 is 0 Å². The van der Waals surface area contributed by atoms with E-state index in [0.29, 0.717) is 5.92 Å². The zero-order valence-electron chi connectivity index (χ0n) is 12.0. The summed E-state index contributed by atoms with van der Waals surface area (Å²) in [5.41, 5.74) is 7.49. The lowest BCUT2D eigenvalue weighted by atomic mass is 9.98. The Hall–Kier alpha value is -1.16. The highest BCUT2D eigenvalue weighted by Crippen LogP contribution is 2.40. The third-order valence-corrected chi connectivity index (χ3v) is 4.56. The second-order valence-electron chi connectivity index (χ2n) is 6.20. The van der Waals surface area contributed by atoms with E-state index in [1.807, 2.05) is 6.07 Å². The predicted molar refractivity (Wildman–Crippen MR) is 84.1 cm³/mol. The summed E-state index contributed by atoms with van der Waals surface area (Å²) in [7, 11) is 0. The van der Waals surface area contributed by atoms with Crippen LogP contribution >= 0.6 is 0 Å². The standard InChI is InChI=1S/C17H25N3/c18-17(20-13-15-8-10-19-11-9-15)12-16(17)7-6-14-4-2-1-3-5-14/h1-7,15-16,19-20H,8-13,18H2/b7-6+. The Labute approximate surface area is 121 Å². The molecular formula is C17H25N3. The molecule has 20 heavy (non-hydrogen) atoms. The number of piperidine rings is 1. The summed E-state index contributed by atoms with van der Waals surface area (Å²) in [5.74, 6) is 1.26. The normalized spacial score (nSPS) is 30.8. The van der Waals surface area contributed by atoms with Crippen LogP contribution in [0.15, 0.2) is 36.4 Å². The predicted octanol–water partition coefficient (Wildman–Crippen LogP) is 1.96. The molecule has 0 amide bonds. The molecule has 0 aromatic heterocycles. The molecule has 0 spiro atoms. The molecule has 4 N–H and O–H groups in total. The lowest BCUT2D eigenvalue weighted by Gasteiger charge is -2.25. The molecule has 2 unspecified atom stereocenters. The van der Waals surface area contributed by atoms with Gasteiger partial charge in [-0.2, -0.15) is 0 Å². The van der Waals surface area contributed by atoms with Crippen molar-refractivity contribution >= 4 is 6.08 Å². The van der Waals surface area contributed by atoms with Gasteiger partial charge in [0.1, 0.15) is 0 Å². The second kappa shape index (κ2) is 6.08. The first kappa shape index (κ1) is 13.8. The van der Waals surface area contributed by atoms with Crippen LogP contribution in [0.3, 0.4) is 0 Å². The maximum Gasteiger partial charge on any atom is 0.0734 e. The van der Waals surface area contributed by atoms with E-state index in [1.165, 1.54) is 18.4 Å². The van der Waals surface area contributed by atoms with Crippen LogP contribution in [0.1, 0.15) is 24.8 Å². The first-order valence-corrected chi connectivity index (χ1v) is 7.74. The molecule has 3 nitrogen and oxygen atoms in total. The summed E-state index contributed by atoms with van der Waals surface area (Å²) < 4.78 is 0. The Kier molecular flexibility index (Phi) is 4.20. The maximum absolute atomic E-state index is 6.39. The number of nitrogens with one attached hydrogen (secondary N) is 2. The minimum atomic E-state index is -0.157. The number of rotatable bonds is 5. The van der Waals surface area contributed by atoms with Gasteiger partial charge in [0.25, 0.3) is 0 Å². The van der Waals surface area contributed by atoms with E-state index in [9.17, 15) is 0 Å². The van der Waals surface area contributed by atoms with Gasteiger partial charge in [-0.25, -0.2) is 0 Å². The molecular weight excluding hydrogens is 246 g/mol. The van der Waals surface area contributed by atoms with Crippen LogP contribution < -0.4 is 16.4 Å². The second-order valence-corrected chi connectivity index (χ2v) is 6.20. The van der Waals surface area contributed by atoms with Gasteiger partial charge in [0.05, 0.1) is 5.66 Å². The summed E-state index contributed by atoms with van der Waals surface area (Å²) in [4.78, 5) is 0. The van der Waals surface area contributed by atoms with Gasteiger partial charge in [0.15, 0.2) is 0 Å².